The van der Waals surface area contributed by atoms with Crippen molar-refractivity contribution in [3.8, 4) is 0 Å². The Morgan fingerprint density at radius 1 is 1.36 bits per heavy atom. The zero-order chi connectivity index (χ0) is 18.2. The lowest BCUT2D eigenvalue weighted by atomic mass is 10.1. The van der Waals surface area contributed by atoms with Gasteiger partial charge in [-0.2, -0.15) is 0 Å². The number of aryl methyl sites for hydroxylation is 1. The second-order valence-electron chi connectivity index (χ2n) is 7.39. The topological polar surface area (TPSA) is 68.6 Å². The van der Waals surface area contributed by atoms with Gasteiger partial charge in [0.1, 0.15) is 0 Å². The summed E-state index contributed by atoms with van der Waals surface area (Å²) in [6, 6.07) is 1.84. The average Bonchev–Trinajstić information content (AvgIpc) is 3.24. The van der Waals surface area contributed by atoms with E-state index in [1.165, 1.54) is 0 Å². The van der Waals surface area contributed by atoms with Crippen LogP contribution >= 0.6 is 0 Å². The monoisotopic (exact) mass is 368 g/mol. The van der Waals surface area contributed by atoms with E-state index in [-0.39, 0.29) is 36.0 Å². The molecule has 2 fully saturated rings. The molecule has 2 aliphatic heterocycles. The molecule has 3 heterocycles. The Bertz CT molecular complexity index is 747. The van der Waals surface area contributed by atoms with Crippen LogP contribution < -0.4 is 0 Å². The molecule has 3 rings (SSSR count). The number of nitrogens with zero attached hydrogens (tertiary/aromatic N) is 2. The third-order valence-corrected chi connectivity index (χ3v) is 7.36. The van der Waals surface area contributed by atoms with E-state index in [0.29, 0.717) is 13.0 Å². The standard InChI is InChI=1S/C18H28N2O4S/c1-13-9-17(14(2)19(13)3)18(21)11-20(10-16-5-4-7-24-16)15-6-8-25(22,23)12-15/h9,15-16H,4-8,10-12H2,1-3H3. The summed E-state index contributed by atoms with van der Waals surface area (Å²) in [5.74, 6) is 0.431. The number of ketones is 1. The van der Waals surface area contributed by atoms with Gasteiger partial charge in [0.15, 0.2) is 15.6 Å². The van der Waals surface area contributed by atoms with Crippen LogP contribution in [0.25, 0.3) is 0 Å². The predicted octanol–water partition coefficient (Wildman–Crippen LogP) is 1.49. The van der Waals surface area contributed by atoms with Gasteiger partial charge in [0.2, 0.25) is 0 Å². The molecule has 2 saturated heterocycles. The molecule has 0 spiro atoms. The van der Waals surface area contributed by atoms with Crippen LogP contribution in [0.2, 0.25) is 0 Å². The summed E-state index contributed by atoms with van der Waals surface area (Å²) in [5.41, 5.74) is 2.74. The molecule has 140 valence electrons. The predicted molar refractivity (Wildman–Crippen MR) is 96.8 cm³/mol. The van der Waals surface area contributed by atoms with Gasteiger partial charge < -0.3 is 9.30 Å². The molecule has 0 radical (unpaired) electrons. The maximum absolute atomic E-state index is 12.9. The molecule has 1 aromatic heterocycles. The third-order valence-electron chi connectivity index (χ3n) is 5.61. The minimum atomic E-state index is -2.98. The fourth-order valence-corrected chi connectivity index (χ4v) is 5.62. The van der Waals surface area contributed by atoms with Crippen LogP contribution in [0.1, 0.15) is 41.0 Å². The van der Waals surface area contributed by atoms with Crippen LogP contribution in [0, 0.1) is 13.8 Å². The second-order valence-corrected chi connectivity index (χ2v) is 9.62. The Morgan fingerprint density at radius 2 is 2.12 bits per heavy atom. The van der Waals surface area contributed by atoms with Crippen molar-refractivity contribution >= 4 is 15.6 Å². The molecule has 6 nitrogen and oxygen atoms in total. The summed E-state index contributed by atoms with van der Waals surface area (Å²) in [6.07, 6.45) is 2.73. The molecule has 0 N–H and O–H groups in total. The smallest absolute Gasteiger partial charge is 0.178 e. The van der Waals surface area contributed by atoms with E-state index in [2.05, 4.69) is 0 Å². The first-order valence-electron chi connectivity index (χ1n) is 8.99. The molecule has 25 heavy (non-hydrogen) atoms. The van der Waals surface area contributed by atoms with Crippen LogP contribution in [0.4, 0.5) is 0 Å². The lowest BCUT2D eigenvalue weighted by molar-refractivity contribution is 0.0566. The van der Waals surface area contributed by atoms with Gasteiger partial charge in [0.25, 0.3) is 0 Å². The molecule has 7 heteroatoms. The van der Waals surface area contributed by atoms with Gasteiger partial charge >= 0.3 is 0 Å². The number of carbonyl (C=O) groups excluding carboxylic acids is 1. The van der Waals surface area contributed by atoms with Crippen LogP contribution in [-0.2, 0) is 21.6 Å². The van der Waals surface area contributed by atoms with Gasteiger partial charge in [-0.1, -0.05) is 0 Å². The molecule has 2 unspecified atom stereocenters. The van der Waals surface area contributed by atoms with E-state index in [9.17, 15) is 13.2 Å². The van der Waals surface area contributed by atoms with Crippen LogP contribution in [-0.4, -0.2) is 67.0 Å². The van der Waals surface area contributed by atoms with Crippen molar-refractivity contribution in [3.05, 3.63) is 23.0 Å². The summed E-state index contributed by atoms with van der Waals surface area (Å²) in [6.45, 7) is 5.58. The number of carbonyl (C=O) groups is 1. The fraction of sp³-hybridized carbons (Fsp3) is 0.722. The fourth-order valence-electron chi connectivity index (χ4n) is 3.86. The highest BCUT2D eigenvalue weighted by atomic mass is 32.2. The molecule has 0 saturated carbocycles. The SMILES string of the molecule is Cc1cc(C(=O)CN(CC2CCCO2)C2CCS(=O)(=O)C2)c(C)n1C. The van der Waals surface area contributed by atoms with Crippen molar-refractivity contribution < 1.29 is 17.9 Å². The highest BCUT2D eigenvalue weighted by molar-refractivity contribution is 7.91. The van der Waals surface area contributed by atoms with Gasteiger partial charge in [-0.25, -0.2) is 8.42 Å². The molecular formula is C18H28N2O4S. The molecule has 0 aliphatic carbocycles. The minimum Gasteiger partial charge on any atom is -0.377 e. The number of ether oxygens (including phenoxy) is 1. The van der Waals surface area contributed by atoms with Gasteiger partial charge in [-0.05, 0) is 39.2 Å². The van der Waals surface area contributed by atoms with Crippen molar-refractivity contribution in [1.82, 2.24) is 9.47 Å². The molecule has 1 aromatic rings. The zero-order valence-corrected chi connectivity index (χ0v) is 16.1. The maximum atomic E-state index is 12.9. The number of sulfone groups is 1. The van der Waals surface area contributed by atoms with E-state index in [0.717, 1.165) is 36.4 Å². The van der Waals surface area contributed by atoms with Crippen molar-refractivity contribution in [2.24, 2.45) is 7.05 Å². The number of Topliss-reactive ketones (excluding diaryl/α,β-unsaturated/α-hetero) is 1. The summed E-state index contributed by atoms with van der Waals surface area (Å²) in [4.78, 5) is 14.9. The molecule has 0 aromatic carbocycles. The molecule has 0 bridgehead atoms. The van der Waals surface area contributed by atoms with E-state index in [4.69, 9.17) is 4.74 Å². The molecule has 0 amide bonds. The van der Waals surface area contributed by atoms with Crippen LogP contribution in [0.5, 0.6) is 0 Å². The Hall–Kier alpha value is -1.18. The normalized spacial score (nSPS) is 25.8. The lowest BCUT2D eigenvalue weighted by Gasteiger charge is -2.29. The van der Waals surface area contributed by atoms with Crippen molar-refractivity contribution in [3.63, 3.8) is 0 Å². The van der Waals surface area contributed by atoms with Crippen LogP contribution in [0.3, 0.4) is 0 Å². The summed E-state index contributed by atoms with van der Waals surface area (Å²) < 4.78 is 31.5. The molecule has 2 aliphatic rings. The van der Waals surface area contributed by atoms with E-state index < -0.39 is 9.84 Å². The van der Waals surface area contributed by atoms with E-state index in [1.54, 1.807) is 0 Å². The van der Waals surface area contributed by atoms with Gasteiger partial charge in [0, 0.05) is 43.2 Å². The van der Waals surface area contributed by atoms with Crippen molar-refractivity contribution in [2.75, 3.05) is 31.2 Å². The van der Waals surface area contributed by atoms with Crippen LogP contribution in [0.15, 0.2) is 6.07 Å². The molecule has 2 atom stereocenters. The van der Waals surface area contributed by atoms with E-state index in [1.807, 2.05) is 36.4 Å². The van der Waals surface area contributed by atoms with E-state index >= 15 is 0 Å². The third kappa shape index (κ3) is 4.15. The Morgan fingerprint density at radius 3 is 2.64 bits per heavy atom. The Labute approximate surface area is 150 Å². The number of hydrogen-bond donors (Lipinski definition) is 0. The lowest BCUT2D eigenvalue weighted by Crippen LogP contribution is -2.44. The van der Waals surface area contributed by atoms with Gasteiger partial charge in [-0.15, -0.1) is 0 Å². The maximum Gasteiger partial charge on any atom is 0.178 e. The Kier molecular flexibility index (Phi) is 5.37. The van der Waals surface area contributed by atoms with Crippen molar-refractivity contribution in [2.45, 2.75) is 45.3 Å². The minimum absolute atomic E-state index is 0.0588. The average molecular weight is 368 g/mol. The first-order chi connectivity index (χ1) is 11.8. The highest BCUT2D eigenvalue weighted by Gasteiger charge is 2.35. The summed E-state index contributed by atoms with van der Waals surface area (Å²) in [5, 5.41) is 0. The highest BCUT2D eigenvalue weighted by Crippen LogP contribution is 2.22. The summed E-state index contributed by atoms with van der Waals surface area (Å²) >= 11 is 0. The van der Waals surface area contributed by atoms with Crippen molar-refractivity contribution in [1.29, 1.82) is 0 Å². The largest absolute Gasteiger partial charge is 0.377 e. The second kappa shape index (κ2) is 7.21. The molecular weight excluding hydrogens is 340 g/mol. The van der Waals surface area contributed by atoms with Gasteiger partial charge in [-0.3, -0.25) is 9.69 Å². The first-order valence-corrected chi connectivity index (χ1v) is 10.8. The number of hydrogen-bond acceptors (Lipinski definition) is 5. The van der Waals surface area contributed by atoms with Gasteiger partial charge in [0.05, 0.1) is 24.2 Å². The first kappa shape index (κ1) is 18.6. The summed E-state index contributed by atoms with van der Waals surface area (Å²) in [7, 11) is -1.03. The zero-order valence-electron chi connectivity index (χ0n) is 15.3. The number of rotatable bonds is 6. The Balaban J connectivity index is 1.76. The quantitative estimate of drug-likeness (QED) is 0.712. The number of aromatic nitrogens is 1.